The van der Waals surface area contributed by atoms with E-state index in [1.165, 1.54) is 19.4 Å². The van der Waals surface area contributed by atoms with E-state index < -0.39 is 0 Å². The highest BCUT2D eigenvalue weighted by molar-refractivity contribution is 5.84. The number of fused-ring (bicyclic) bond motifs is 1. The van der Waals surface area contributed by atoms with E-state index in [2.05, 4.69) is 31.0 Å². The summed E-state index contributed by atoms with van der Waals surface area (Å²) in [4.78, 5) is 17.1. The summed E-state index contributed by atoms with van der Waals surface area (Å²) in [5, 5.41) is 3.45. The third-order valence-corrected chi connectivity index (χ3v) is 5.51. The van der Waals surface area contributed by atoms with Crippen LogP contribution in [0.15, 0.2) is 0 Å². The summed E-state index contributed by atoms with van der Waals surface area (Å²) in [7, 11) is 0. The summed E-state index contributed by atoms with van der Waals surface area (Å²) in [5.74, 6) is 0.643. The monoisotopic (exact) mass is 295 g/mol. The number of nitrogens with one attached hydrogen (secondary N) is 1. The van der Waals surface area contributed by atoms with Gasteiger partial charge in [0.05, 0.1) is 24.9 Å². The molecule has 3 fully saturated rings. The largest absolute Gasteiger partial charge is 0.373 e. The van der Waals surface area contributed by atoms with Gasteiger partial charge in [0.15, 0.2) is 0 Å². The average Bonchev–Trinajstić information content (AvgIpc) is 3.05. The number of hydrogen-bond acceptors (Lipinski definition) is 4. The van der Waals surface area contributed by atoms with Gasteiger partial charge in [-0.1, -0.05) is 20.3 Å². The molecular weight excluding hydrogens is 266 g/mol. The van der Waals surface area contributed by atoms with Crippen molar-refractivity contribution in [2.24, 2.45) is 5.92 Å². The summed E-state index contributed by atoms with van der Waals surface area (Å²) in [6.07, 6.45) is 3.87. The maximum absolute atomic E-state index is 12.6. The maximum atomic E-state index is 12.6. The van der Waals surface area contributed by atoms with Gasteiger partial charge in [-0.3, -0.25) is 15.0 Å². The predicted molar refractivity (Wildman–Crippen MR) is 81.9 cm³/mol. The minimum absolute atomic E-state index is 0.0203. The van der Waals surface area contributed by atoms with E-state index in [4.69, 9.17) is 4.74 Å². The smallest absolute Gasteiger partial charge is 0.241 e. The second-order valence-corrected chi connectivity index (χ2v) is 6.94. The number of ether oxygens (including phenoxy) is 1. The van der Waals surface area contributed by atoms with Crippen LogP contribution in [0.4, 0.5) is 0 Å². The molecule has 120 valence electrons. The minimum Gasteiger partial charge on any atom is -0.373 e. The van der Waals surface area contributed by atoms with Crippen LogP contribution in [0.1, 0.15) is 40.0 Å². The van der Waals surface area contributed by atoms with Crippen molar-refractivity contribution in [1.29, 1.82) is 0 Å². The zero-order valence-electron chi connectivity index (χ0n) is 13.5. The number of carbonyl (C=O) groups excluding carboxylic acids is 1. The van der Waals surface area contributed by atoms with Gasteiger partial charge in [0.25, 0.3) is 0 Å². The molecular formula is C16H29N3O2. The number of rotatable bonds is 4. The Balaban J connectivity index is 1.58. The molecule has 0 bridgehead atoms. The molecule has 1 amide bonds. The number of nitrogens with zero attached hydrogens (tertiary/aromatic N) is 2. The third kappa shape index (κ3) is 2.96. The molecule has 3 aliphatic heterocycles. The molecule has 3 saturated heterocycles. The third-order valence-electron chi connectivity index (χ3n) is 5.51. The molecule has 3 rings (SSSR count). The molecule has 5 unspecified atom stereocenters. The van der Waals surface area contributed by atoms with Crippen molar-refractivity contribution < 1.29 is 9.53 Å². The maximum Gasteiger partial charge on any atom is 0.241 e. The molecule has 0 radical (unpaired) electrons. The molecule has 0 aromatic carbocycles. The molecule has 3 aliphatic rings. The van der Waals surface area contributed by atoms with Crippen LogP contribution < -0.4 is 5.32 Å². The van der Waals surface area contributed by atoms with Crippen LogP contribution in [0, 0.1) is 5.92 Å². The summed E-state index contributed by atoms with van der Waals surface area (Å²) in [6, 6.07) is 0.604. The van der Waals surface area contributed by atoms with Crippen LogP contribution in [0.2, 0.25) is 0 Å². The Bertz CT molecular complexity index is 390. The fourth-order valence-corrected chi connectivity index (χ4v) is 3.90. The van der Waals surface area contributed by atoms with Crippen LogP contribution >= 0.6 is 0 Å². The molecule has 3 heterocycles. The van der Waals surface area contributed by atoms with E-state index in [-0.39, 0.29) is 24.2 Å². The van der Waals surface area contributed by atoms with Gasteiger partial charge in [0, 0.05) is 19.1 Å². The molecule has 0 saturated carbocycles. The lowest BCUT2D eigenvalue weighted by Gasteiger charge is -2.37. The normalized spacial score (nSPS) is 38.8. The molecule has 5 nitrogen and oxygen atoms in total. The summed E-state index contributed by atoms with van der Waals surface area (Å²) < 4.78 is 6.01. The minimum atomic E-state index is -0.0203. The molecule has 0 aromatic heterocycles. The molecule has 0 aliphatic carbocycles. The van der Waals surface area contributed by atoms with Crippen LogP contribution in [0.3, 0.4) is 0 Å². The predicted octanol–water partition coefficient (Wildman–Crippen LogP) is 1.04. The van der Waals surface area contributed by atoms with Crippen molar-refractivity contribution in [1.82, 2.24) is 15.1 Å². The van der Waals surface area contributed by atoms with E-state index in [0.717, 1.165) is 26.1 Å². The van der Waals surface area contributed by atoms with E-state index in [9.17, 15) is 4.79 Å². The highest BCUT2D eigenvalue weighted by Gasteiger charge is 2.41. The first-order valence-corrected chi connectivity index (χ1v) is 8.52. The van der Waals surface area contributed by atoms with Crippen molar-refractivity contribution in [2.75, 3.05) is 26.2 Å². The number of morpholine rings is 1. The lowest BCUT2D eigenvalue weighted by molar-refractivity contribution is -0.134. The van der Waals surface area contributed by atoms with Crippen molar-refractivity contribution >= 4 is 5.91 Å². The lowest BCUT2D eigenvalue weighted by atomic mass is 9.99. The average molecular weight is 295 g/mol. The molecule has 21 heavy (non-hydrogen) atoms. The van der Waals surface area contributed by atoms with Crippen molar-refractivity contribution in [2.45, 2.75) is 64.4 Å². The quantitative estimate of drug-likeness (QED) is 0.842. The van der Waals surface area contributed by atoms with Crippen LogP contribution in [0.5, 0.6) is 0 Å². The highest BCUT2D eigenvalue weighted by atomic mass is 16.5. The van der Waals surface area contributed by atoms with Crippen LogP contribution in [-0.4, -0.2) is 66.3 Å². The zero-order chi connectivity index (χ0) is 15.0. The van der Waals surface area contributed by atoms with Crippen LogP contribution in [-0.2, 0) is 9.53 Å². The van der Waals surface area contributed by atoms with Gasteiger partial charge in [0.1, 0.15) is 0 Å². The Morgan fingerprint density at radius 1 is 1.48 bits per heavy atom. The van der Waals surface area contributed by atoms with E-state index in [0.29, 0.717) is 12.0 Å². The van der Waals surface area contributed by atoms with Crippen molar-refractivity contribution in [3.8, 4) is 0 Å². The zero-order valence-corrected chi connectivity index (χ0v) is 13.5. The van der Waals surface area contributed by atoms with Gasteiger partial charge < -0.3 is 9.64 Å². The van der Waals surface area contributed by atoms with E-state index in [1.54, 1.807) is 0 Å². The van der Waals surface area contributed by atoms with Gasteiger partial charge in [0.2, 0.25) is 5.91 Å². The molecule has 5 heteroatoms. The summed E-state index contributed by atoms with van der Waals surface area (Å²) >= 11 is 0. The second-order valence-electron chi connectivity index (χ2n) is 6.94. The molecule has 1 N–H and O–H groups in total. The number of hydrogen-bond donors (Lipinski definition) is 1. The summed E-state index contributed by atoms with van der Waals surface area (Å²) in [6.45, 7) is 10.1. The second kappa shape index (κ2) is 6.23. The fourth-order valence-electron chi connectivity index (χ4n) is 3.90. The van der Waals surface area contributed by atoms with Gasteiger partial charge in [-0.2, -0.15) is 0 Å². The van der Waals surface area contributed by atoms with Gasteiger partial charge in [-0.15, -0.1) is 0 Å². The highest BCUT2D eigenvalue weighted by Crippen LogP contribution is 2.25. The van der Waals surface area contributed by atoms with Crippen LogP contribution in [0.25, 0.3) is 0 Å². The first kappa shape index (κ1) is 15.3. The molecule has 5 atom stereocenters. The van der Waals surface area contributed by atoms with Crippen molar-refractivity contribution in [3.05, 3.63) is 0 Å². The van der Waals surface area contributed by atoms with E-state index >= 15 is 0 Å². The Morgan fingerprint density at radius 3 is 3.05 bits per heavy atom. The number of amides is 1. The fraction of sp³-hybridized carbons (Fsp3) is 0.938. The Hall–Kier alpha value is -0.650. The topological polar surface area (TPSA) is 44.8 Å². The Morgan fingerprint density at radius 2 is 2.29 bits per heavy atom. The molecule has 0 spiro atoms. The van der Waals surface area contributed by atoms with Gasteiger partial charge >= 0.3 is 0 Å². The SMILES string of the molecule is CCC(C)C1NC(C)N(CC2CN3CCCC3CO2)C1=O. The van der Waals surface area contributed by atoms with Gasteiger partial charge in [-0.25, -0.2) is 0 Å². The summed E-state index contributed by atoms with van der Waals surface area (Å²) in [5.41, 5.74) is 0. The lowest BCUT2D eigenvalue weighted by Crippen LogP contribution is -2.51. The van der Waals surface area contributed by atoms with Crippen molar-refractivity contribution in [3.63, 3.8) is 0 Å². The van der Waals surface area contributed by atoms with E-state index in [1.807, 2.05) is 4.90 Å². The van der Waals surface area contributed by atoms with Gasteiger partial charge in [-0.05, 0) is 32.2 Å². The first-order chi connectivity index (χ1) is 10.1. The Kier molecular flexibility index (Phi) is 4.52. The standard InChI is InChI=1S/C16H29N3O2/c1-4-11(2)15-16(20)19(12(3)17-15)9-14-8-18-7-5-6-13(18)10-21-14/h11-15,17H,4-10H2,1-3H3. The Labute approximate surface area is 128 Å². The molecule has 0 aromatic rings. The number of carbonyl (C=O) groups is 1. The first-order valence-electron chi connectivity index (χ1n) is 8.52.